The number of pyridine rings is 1. The number of hydrogen-bond acceptors (Lipinski definition) is 5. The van der Waals surface area contributed by atoms with Crippen molar-refractivity contribution in [2.45, 2.75) is 6.42 Å². The molecular weight excluding hydrogens is 416 g/mol. The maximum absolute atomic E-state index is 12.3. The lowest BCUT2D eigenvalue weighted by Crippen LogP contribution is -2.37. The SMILES string of the molecule is O=C(CCN1C(=O)c2ccc(Br)cc2C1=O)NCC(=O)Nc1cccnc1. The van der Waals surface area contributed by atoms with Gasteiger partial charge in [0.2, 0.25) is 11.8 Å². The van der Waals surface area contributed by atoms with Crippen LogP contribution in [0.2, 0.25) is 0 Å². The molecular formula is C18H15BrN4O4. The Morgan fingerprint density at radius 1 is 1.07 bits per heavy atom. The molecule has 0 bridgehead atoms. The quantitative estimate of drug-likeness (QED) is 0.676. The molecule has 1 aromatic heterocycles. The Morgan fingerprint density at radius 2 is 1.85 bits per heavy atom. The van der Waals surface area contributed by atoms with Crippen molar-refractivity contribution >= 4 is 45.2 Å². The number of nitrogens with one attached hydrogen (secondary N) is 2. The van der Waals surface area contributed by atoms with Crippen LogP contribution in [0, 0.1) is 0 Å². The molecule has 2 aromatic rings. The van der Waals surface area contributed by atoms with Crippen LogP contribution in [0.5, 0.6) is 0 Å². The van der Waals surface area contributed by atoms with Crippen molar-refractivity contribution in [3.8, 4) is 0 Å². The predicted molar refractivity (Wildman–Crippen MR) is 100 cm³/mol. The van der Waals surface area contributed by atoms with E-state index < -0.39 is 23.6 Å². The van der Waals surface area contributed by atoms with Gasteiger partial charge in [0.25, 0.3) is 11.8 Å². The van der Waals surface area contributed by atoms with E-state index in [1.165, 1.54) is 6.20 Å². The molecule has 1 aliphatic rings. The first kappa shape index (κ1) is 18.7. The topological polar surface area (TPSA) is 108 Å². The molecule has 0 spiro atoms. The summed E-state index contributed by atoms with van der Waals surface area (Å²) in [6.45, 7) is -0.275. The highest BCUT2D eigenvalue weighted by molar-refractivity contribution is 9.10. The molecule has 1 aliphatic heterocycles. The van der Waals surface area contributed by atoms with E-state index in [2.05, 4.69) is 31.5 Å². The van der Waals surface area contributed by atoms with Crippen LogP contribution in [0.25, 0.3) is 0 Å². The predicted octanol–water partition coefficient (Wildman–Crippen LogP) is 1.59. The van der Waals surface area contributed by atoms with Crippen LogP contribution in [0.4, 0.5) is 5.69 Å². The van der Waals surface area contributed by atoms with E-state index in [0.29, 0.717) is 21.3 Å². The second kappa shape index (κ2) is 8.09. The van der Waals surface area contributed by atoms with Crippen molar-refractivity contribution in [3.05, 3.63) is 58.3 Å². The number of aromatic nitrogens is 1. The minimum Gasteiger partial charge on any atom is -0.347 e. The molecule has 0 fully saturated rings. The third-order valence-corrected chi connectivity index (χ3v) is 4.38. The fourth-order valence-corrected chi connectivity index (χ4v) is 2.95. The van der Waals surface area contributed by atoms with Crippen LogP contribution in [-0.4, -0.2) is 46.6 Å². The second-order valence-electron chi connectivity index (χ2n) is 5.77. The van der Waals surface area contributed by atoms with E-state index in [9.17, 15) is 19.2 Å². The van der Waals surface area contributed by atoms with Crippen LogP contribution < -0.4 is 10.6 Å². The van der Waals surface area contributed by atoms with Gasteiger partial charge in [-0.3, -0.25) is 29.1 Å². The van der Waals surface area contributed by atoms with Crippen LogP contribution >= 0.6 is 15.9 Å². The number of carbonyl (C=O) groups is 4. The van der Waals surface area contributed by atoms with Crippen molar-refractivity contribution in [1.82, 2.24) is 15.2 Å². The third-order valence-electron chi connectivity index (χ3n) is 3.89. The molecule has 9 heteroatoms. The van der Waals surface area contributed by atoms with Crippen LogP contribution in [-0.2, 0) is 9.59 Å². The van der Waals surface area contributed by atoms with E-state index in [0.717, 1.165) is 4.90 Å². The first-order chi connectivity index (χ1) is 13.0. The largest absolute Gasteiger partial charge is 0.347 e. The number of imide groups is 1. The Balaban J connectivity index is 1.48. The van der Waals surface area contributed by atoms with Gasteiger partial charge >= 0.3 is 0 Å². The zero-order valence-corrected chi connectivity index (χ0v) is 15.7. The standard InChI is InChI=1S/C18H15BrN4O4/c19-11-3-4-13-14(8-11)18(27)23(17(13)26)7-5-15(24)21-10-16(25)22-12-2-1-6-20-9-12/h1-4,6,8-9H,5,7,10H2,(H,21,24)(H,22,25). The van der Waals surface area contributed by atoms with E-state index in [-0.39, 0.29) is 19.5 Å². The Hall–Kier alpha value is -3.07. The highest BCUT2D eigenvalue weighted by Gasteiger charge is 2.35. The zero-order valence-electron chi connectivity index (χ0n) is 14.1. The first-order valence-electron chi connectivity index (χ1n) is 8.08. The molecule has 0 aliphatic carbocycles. The maximum Gasteiger partial charge on any atom is 0.261 e. The number of nitrogens with zero attached hydrogens (tertiary/aromatic N) is 2. The zero-order chi connectivity index (χ0) is 19.4. The molecule has 8 nitrogen and oxygen atoms in total. The molecule has 0 unspecified atom stereocenters. The Morgan fingerprint density at radius 3 is 2.59 bits per heavy atom. The molecule has 3 rings (SSSR count). The lowest BCUT2D eigenvalue weighted by Gasteiger charge is -2.13. The molecule has 0 radical (unpaired) electrons. The van der Waals surface area contributed by atoms with Gasteiger partial charge in [-0.05, 0) is 30.3 Å². The number of carbonyl (C=O) groups excluding carboxylic acids is 4. The molecule has 0 saturated carbocycles. The minimum atomic E-state index is -0.436. The summed E-state index contributed by atoms with van der Waals surface area (Å²) in [4.78, 5) is 53.2. The maximum atomic E-state index is 12.3. The van der Waals surface area contributed by atoms with Crippen molar-refractivity contribution in [3.63, 3.8) is 0 Å². The summed E-state index contributed by atoms with van der Waals surface area (Å²) in [5, 5.41) is 5.04. The molecule has 4 amide bonds. The molecule has 2 N–H and O–H groups in total. The normalized spacial score (nSPS) is 12.7. The van der Waals surface area contributed by atoms with Crippen molar-refractivity contribution in [2.24, 2.45) is 0 Å². The lowest BCUT2D eigenvalue weighted by molar-refractivity contribution is -0.124. The lowest BCUT2D eigenvalue weighted by atomic mass is 10.1. The summed E-state index contributed by atoms with van der Waals surface area (Å²) in [5.74, 6) is -1.70. The monoisotopic (exact) mass is 430 g/mol. The average molecular weight is 431 g/mol. The van der Waals surface area contributed by atoms with Crippen molar-refractivity contribution in [2.75, 3.05) is 18.4 Å². The van der Waals surface area contributed by atoms with Gasteiger partial charge in [-0.2, -0.15) is 0 Å². The summed E-state index contributed by atoms with van der Waals surface area (Å²) in [6.07, 6.45) is 2.97. The van der Waals surface area contributed by atoms with E-state index in [1.807, 2.05) is 0 Å². The summed E-state index contributed by atoms with van der Waals surface area (Å²) < 4.78 is 0.696. The second-order valence-corrected chi connectivity index (χ2v) is 6.68. The van der Waals surface area contributed by atoms with Gasteiger partial charge in [0.05, 0.1) is 29.6 Å². The number of amides is 4. The molecule has 0 saturated heterocycles. The van der Waals surface area contributed by atoms with Crippen LogP contribution in [0.15, 0.2) is 47.2 Å². The van der Waals surface area contributed by atoms with E-state index in [1.54, 1.807) is 36.5 Å². The number of rotatable bonds is 6. The Kier molecular flexibility index (Phi) is 5.60. The van der Waals surface area contributed by atoms with Crippen LogP contribution in [0.1, 0.15) is 27.1 Å². The number of fused-ring (bicyclic) bond motifs is 1. The van der Waals surface area contributed by atoms with Gasteiger partial charge in [-0.25, -0.2) is 0 Å². The van der Waals surface area contributed by atoms with E-state index >= 15 is 0 Å². The van der Waals surface area contributed by atoms with Gasteiger partial charge in [-0.15, -0.1) is 0 Å². The minimum absolute atomic E-state index is 0.0555. The summed E-state index contributed by atoms with van der Waals surface area (Å²) >= 11 is 3.26. The molecule has 2 heterocycles. The Bertz CT molecular complexity index is 917. The smallest absolute Gasteiger partial charge is 0.261 e. The molecule has 1 aromatic carbocycles. The van der Waals surface area contributed by atoms with Crippen molar-refractivity contribution in [1.29, 1.82) is 0 Å². The van der Waals surface area contributed by atoms with Gasteiger partial charge in [0.15, 0.2) is 0 Å². The number of hydrogen-bond donors (Lipinski definition) is 2. The average Bonchev–Trinajstić information content (AvgIpc) is 2.89. The molecule has 27 heavy (non-hydrogen) atoms. The number of halogens is 1. The fourth-order valence-electron chi connectivity index (χ4n) is 2.59. The summed E-state index contributed by atoms with van der Waals surface area (Å²) in [7, 11) is 0. The summed E-state index contributed by atoms with van der Waals surface area (Å²) in [6, 6.07) is 8.18. The van der Waals surface area contributed by atoms with Gasteiger partial charge in [0.1, 0.15) is 0 Å². The number of anilines is 1. The van der Waals surface area contributed by atoms with Crippen LogP contribution in [0.3, 0.4) is 0 Å². The van der Waals surface area contributed by atoms with Gasteiger partial charge in [0, 0.05) is 23.6 Å². The highest BCUT2D eigenvalue weighted by Crippen LogP contribution is 2.26. The van der Waals surface area contributed by atoms with Gasteiger partial charge in [-0.1, -0.05) is 15.9 Å². The first-order valence-corrected chi connectivity index (χ1v) is 8.87. The summed E-state index contributed by atoms with van der Waals surface area (Å²) in [5.41, 5.74) is 1.15. The Labute approximate surface area is 163 Å². The van der Waals surface area contributed by atoms with Crippen molar-refractivity contribution < 1.29 is 19.2 Å². The van der Waals surface area contributed by atoms with Gasteiger partial charge < -0.3 is 10.6 Å². The fraction of sp³-hybridized carbons (Fsp3) is 0.167. The molecule has 138 valence electrons. The molecule has 0 atom stereocenters. The third kappa shape index (κ3) is 4.37. The van der Waals surface area contributed by atoms with E-state index in [4.69, 9.17) is 0 Å². The number of benzene rings is 1. The highest BCUT2D eigenvalue weighted by atomic mass is 79.9.